The Balaban J connectivity index is 1.81. The van der Waals surface area contributed by atoms with E-state index in [1.807, 2.05) is 37.3 Å². The van der Waals surface area contributed by atoms with Crippen LogP contribution in [0.25, 0.3) is 0 Å². The van der Waals surface area contributed by atoms with Gasteiger partial charge in [-0.2, -0.15) is 0 Å². The van der Waals surface area contributed by atoms with Crippen molar-refractivity contribution in [2.75, 3.05) is 24.5 Å². The first-order valence-electron chi connectivity index (χ1n) is 14.3. The molecule has 0 fully saturated rings. The summed E-state index contributed by atoms with van der Waals surface area (Å²) < 4.78 is 50.0. The van der Waals surface area contributed by atoms with E-state index in [1.165, 1.54) is 48.4 Å². The molecule has 11 heteroatoms. The van der Waals surface area contributed by atoms with Gasteiger partial charge in [0.15, 0.2) is 0 Å². The van der Waals surface area contributed by atoms with E-state index < -0.39 is 40.2 Å². The number of carbonyl (C=O) groups excluding carboxylic acids is 2. The number of aryl methyl sites for hydroxylation is 1. The standard InChI is InChI=1S/C34H35BrFN3O5S/c1-4-37-34(41)31(20-25-10-6-5-7-11-25)38(22-26-12-8-9-13-30(26)36)33(40)23-39(27-16-14-24(2)15-17-27)45(42,43)28-18-19-32(44-3)29(35)21-28/h5-19,21,31H,4,20,22-23H2,1-3H3,(H,37,41). The van der Waals surface area contributed by atoms with Gasteiger partial charge in [0, 0.05) is 25.1 Å². The van der Waals surface area contributed by atoms with Gasteiger partial charge in [-0.1, -0.05) is 66.2 Å². The number of rotatable bonds is 13. The number of amides is 2. The molecule has 4 rings (SSSR count). The lowest BCUT2D eigenvalue weighted by atomic mass is 10.0. The van der Waals surface area contributed by atoms with Crippen LogP contribution in [0.1, 0.15) is 23.6 Å². The van der Waals surface area contributed by atoms with E-state index in [2.05, 4.69) is 21.2 Å². The fourth-order valence-corrected chi connectivity index (χ4v) is 6.96. The van der Waals surface area contributed by atoms with Crippen molar-refractivity contribution in [3.63, 3.8) is 0 Å². The SMILES string of the molecule is CCNC(=O)C(Cc1ccccc1)N(Cc1ccccc1F)C(=O)CN(c1ccc(C)cc1)S(=O)(=O)c1ccc(OC)c(Br)c1. The minimum atomic E-state index is -4.31. The Bertz CT molecular complexity index is 1740. The molecule has 1 unspecified atom stereocenters. The van der Waals surface area contributed by atoms with Crippen LogP contribution in [0.4, 0.5) is 10.1 Å². The summed E-state index contributed by atoms with van der Waals surface area (Å²) in [6.45, 7) is 3.04. The smallest absolute Gasteiger partial charge is 0.264 e. The minimum absolute atomic E-state index is 0.0752. The topological polar surface area (TPSA) is 96.0 Å². The molecule has 0 aliphatic rings. The fraction of sp³-hybridized carbons (Fsp3) is 0.235. The van der Waals surface area contributed by atoms with E-state index >= 15 is 0 Å². The van der Waals surface area contributed by atoms with Gasteiger partial charge in [-0.25, -0.2) is 12.8 Å². The summed E-state index contributed by atoms with van der Waals surface area (Å²) in [5.74, 6) is -1.22. The van der Waals surface area contributed by atoms with E-state index in [1.54, 1.807) is 37.3 Å². The zero-order valence-corrected chi connectivity index (χ0v) is 27.6. The normalized spacial score (nSPS) is 11.8. The highest BCUT2D eigenvalue weighted by atomic mass is 79.9. The summed E-state index contributed by atoms with van der Waals surface area (Å²) in [7, 11) is -2.84. The number of nitrogens with zero attached hydrogens (tertiary/aromatic N) is 2. The van der Waals surface area contributed by atoms with Gasteiger partial charge in [-0.3, -0.25) is 13.9 Å². The van der Waals surface area contributed by atoms with Crippen molar-refractivity contribution in [3.05, 3.63) is 124 Å². The number of hydrogen-bond donors (Lipinski definition) is 1. The van der Waals surface area contributed by atoms with Crippen molar-refractivity contribution in [1.29, 1.82) is 0 Å². The molecule has 1 N–H and O–H groups in total. The molecule has 0 heterocycles. The second-order valence-electron chi connectivity index (χ2n) is 10.4. The highest BCUT2D eigenvalue weighted by Gasteiger charge is 2.35. The van der Waals surface area contributed by atoms with E-state index in [0.717, 1.165) is 15.4 Å². The lowest BCUT2D eigenvalue weighted by Crippen LogP contribution is -2.53. The molecule has 2 amide bonds. The van der Waals surface area contributed by atoms with Crippen LogP contribution in [0.3, 0.4) is 0 Å². The molecule has 4 aromatic carbocycles. The predicted molar refractivity (Wildman–Crippen MR) is 176 cm³/mol. The van der Waals surface area contributed by atoms with Crippen molar-refractivity contribution < 1.29 is 27.1 Å². The number of methoxy groups -OCH3 is 1. The van der Waals surface area contributed by atoms with Gasteiger partial charge in [-0.15, -0.1) is 0 Å². The number of anilines is 1. The second kappa shape index (κ2) is 15.2. The van der Waals surface area contributed by atoms with Crippen LogP contribution in [-0.2, 0) is 32.6 Å². The Morgan fingerprint density at radius 3 is 2.24 bits per heavy atom. The Labute approximate surface area is 272 Å². The maximum absolute atomic E-state index is 15.0. The summed E-state index contributed by atoms with van der Waals surface area (Å²) >= 11 is 3.35. The Morgan fingerprint density at radius 1 is 0.956 bits per heavy atom. The molecule has 0 aliphatic carbocycles. The van der Waals surface area contributed by atoms with Crippen LogP contribution in [0, 0.1) is 12.7 Å². The van der Waals surface area contributed by atoms with Gasteiger partial charge in [0.25, 0.3) is 10.0 Å². The lowest BCUT2D eigenvalue weighted by Gasteiger charge is -2.34. The molecule has 8 nitrogen and oxygen atoms in total. The van der Waals surface area contributed by atoms with E-state index in [9.17, 15) is 22.4 Å². The van der Waals surface area contributed by atoms with E-state index in [4.69, 9.17) is 4.74 Å². The number of hydrogen-bond acceptors (Lipinski definition) is 5. The highest BCUT2D eigenvalue weighted by Crippen LogP contribution is 2.31. The molecular weight excluding hydrogens is 661 g/mol. The van der Waals surface area contributed by atoms with Gasteiger partial charge in [0.1, 0.15) is 24.2 Å². The lowest BCUT2D eigenvalue weighted by molar-refractivity contribution is -0.140. The molecule has 0 spiro atoms. The quantitative estimate of drug-likeness (QED) is 0.189. The molecule has 4 aromatic rings. The molecule has 0 radical (unpaired) electrons. The maximum atomic E-state index is 15.0. The summed E-state index contributed by atoms with van der Waals surface area (Å²) in [4.78, 5) is 29.1. The number of carbonyl (C=O) groups is 2. The van der Waals surface area contributed by atoms with Crippen molar-refractivity contribution in [1.82, 2.24) is 10.2 Å². The third-order valence-electron chi connectivity index (χ3n) is 7.23. The van der Waals surface area contributed by atoms with Crippen LogP contribution in [-0.4, -0.2) is 51.4 Å². The summed E-state index contributed by atoms with van der Waals surface area (Å²) in [6.07, 6.45) is 0.134. The Morgan fingerprint density at radius 2 is 1.62 bits per heavy atom. The van der Waals surface area contributed by atoms with Gasteiger partial charge >= 0.3 is 0 Å². The molecule has 45 heavy (non-hydrogen) atoms. The number of likely N-dealkylation sites (N-methyl/N-ethyl adjacent to an activating group) is 1. The predicted octanol–water partition coefficient (Wildman–Crippen LogP) is 5.88. The molecular formula is C34H35BrFN3O5S. The number of sulfonamides is 1. The third-order valence-corrected chi connectivity index (χ3v) is 9.62. The van der Waals surface area contributed by atoms with Crippen LogP contribution in [0.2, 0.25) is 0 Å². The van der Waals surface area contributed by atoms with Crippen molar-refractivity contribution in [2.24, 2.45) is 0 Å². The summed E-state index contributed by atoms with van der Waals surface area (Å²) in [5, 5.41) is 2.79. The van der Waals surface area contributed by atoms with Gasteiger partial charge in [0.2, 0.25) is 11.8 Å². The summed E-state index contributed by atoms with van der Waals surface area (Å²) in [5.41, 5.74) is 2.13. The number of nitrogens with one attached hydrogen (secondary N) is 1. The maximum Gasteiger partial charge on any atom is 0.264 e. The van der Waals surface area contributed by atoms with Crippen molar-refractivity contribution >= 4 is 43.5 Å². The largest absolute Gasteiger partial charge is 0.496 e. The second-order valence-corrected chi connectivity index (χ2v) is 13.1. The molecule has 236 valence electrons. The van der Waals surface area contributed by atoms with Crippen LogP contribution in [0.5, 0.6) is 5.75 Å². The van der Waals surface area contributed by atoms with Crippen molar-refractivity contribution in [2.45, 2.75) is 37.8 Å². The molecule has 0 saturated heterocycles. The van der Waals surface area contributed by atoms with Gasteiger partial charge in [-0.05, 0) is 71.7 Å². The number of benzene rings is 4. The average Bonchev–Trinajstić information content (AvgIpc) is 3.03. The van der Waals surface area contributed by atoms with Crippen LogP contribution in [0.15, 0.2) is 106 Å². The Hall–Kier alpha value is -4.22. The number of ether oxygens (including phenoxy) is 1. The molecule has 0 bridgehead atoms. The molecule has 0 aliphatic heterocycles. The van der Waals surface area contributed by atoms with Gasteiger partial charge < -0.3 is 15.0 Å². The first kappa shape index (κ1) is 33.7. The molecule has 0 saturated carbocycles. The van der Waals surface area contributed by atoms with Crippen LogP contribution < -0.4 is 14.4 Å². The van der Waals surface area contributed by atoms with E-state index in [0.29, 0.717) is 16.8 Å². The van der Waals surface area contributed by atoms with Gasteiger partial charge in [0.05, 0.1) is 22.2 Å². The highest BCUT2D eigenvalue weighted by molar-refractivity contribution is 9.10. The van der Waals surface area contributed by atoms with Crippen molar-refractivity contribution in [3.8, 4) is 5.75 Å². The average molecular weight is 697 g/mol. The molecule has 1 atom stereocenters. The Kier molecular flexibility index (Phi) is 11.4. The zero-order chi connectivity index (χ0) is 32.6. The monoisotopic (exact) mass is 695 g/mol. The summed E-state index contributed by atoms with van der Waals surface area (Å²) in [6, 6.07) is 25.1. The molecule has 0 aromatic heterocycles. The minimum Gasteiger partial charge on any atom is -0.496 e. The number of halogens is 2. The first-order valence-corrected chi connectivity index (χ1v) is 16.6. The fourth-order valence-electron chi connectivity index (χ4n) is 4.83. The van der Waals surface area contributed by atoms with Crippen LogP contribution >= 0.6 is 15.9 Å². The van der Waals surface area contributed by atoms with E-state index in [-0.39, 0.29) is 29.1 Å². The third kappa shape index (κ3) is 8.29. The first-order chi connectivity index (χ1) is 21.5. The zero-order valence-electron chi connectivity index (χ0n) is 25.2.